The first-order valence-corrected chi connectivity index (χ1v) is 3.54. The molecule has 0 bridgehead atoms. The summed E-state index contributed by atoms with van der Waals surface area (Å²) in [6, 6.07) is 0. The molecular formula is C7H13NO3. The molecule has 0 aromatic rings. The van der Waals surface area contributed by atoms with Crippen LogP contribution < -0.4 is 0 Å². The number of oxime groups is 1. The monoisotopic (exact) mass is 159 g/mol. The van der Waals surface area contributed by atoms with Crippen molar-refractivity contribution in [2.24, 2.45) is 11.1 Å². The van der Waals surface area contributed by atoms with Gasteiger partial charge in [0.15, 0.2) is 0 Å². The zero-order valence-electron chi connectivity index (χ0n) is 6.78. The maximum Gasteiger partial charge on any atom is 0.344 e. The van der Waals surface area contributed by atoms with Crippen molar-refractivity contribution in [3.05, 3.63) is 0 Å². The molecule has 11 heavy (non-hydrogen) atoms. The van der Waals surface area contributed by atoms with Gasteiger partial charge in [0, 0.05) is 6.21 Å². The van der Waals surface area contributed by atoms with Gasteiger partial charge in [-0.05, 0) is 12.3 Å². The molecule has 0 radical (unpaired) electrons. The van der Waals surface area contributed by atoms with E-state index in [1.807, 2.05) is 13.8 Å². The van der Waals surface area contributed by atoms with E-state index >= 15 is 0 Å². The van der Waals surface area contributed by atoms with Crippen molar-refractivity contribution >= 4 is 12.2 Å². The van der Waals surface area contributed by atoms with Crippen molar-refractivity contribution in [2.45, 2.75) is 20.3 Å². The predicted molar refractivity (Wildman–Crippen MR) is 41.5 cm³/mol. The van der Waals surface area contributed by atoms with E-state index in [0.29, 0.717) is 5.92 Å². The van der Waals surface area contributed by atoms with Gasteiger partial charge in [-0.15, -0.1) is 0 Å². The zero-order valence-corrected chi connectivity index (χ0v) is 6.78. The van der Waals surface area contributed by atoms with Crippen molar-refractivity contribution in [1.82, 2.24) is 0 Å². The van der Waals surface area contributed by atoms with Crippen molar-refractivity contribution in [2.75, 3.05) is 6.61 Å². The normalized spacial score (nSPS) is 13.3. The van der Waals surface area contributed by atoms with Crippen LogP contribution in [0.25, 0.3) is 0 Å². The van der Waals surface area contributed by atoms with Gasteiger partial charge in [0.2, 0.25) is 6.61 Å². The van der Waals surface area contributed by atoms with E-state index in [-0.39, 0.29) is 6.61 Å². The Balaban J connectivity index is 3.36. The molecule has 1 unspecified atom stereocenters. The first-order chi connectivity index (χ1) is 5.16. The molecule has 64 valence electrons. The standard InChI is InChI=1S/C7H13NO3/c1-3-6(2)4-8-11-5-7(9)10/h4,6H,3,5H2,1-2H3,(H,9,10). The third-order valence-corrected chi connectivity index (χ3v) is 1.22. The maximum atomic E-state index is 9.91. The Morgan fingerprint density at radius 2 is 2.45 bits per heavy atom. The van der Waals surface area contributed by atoms with Crippen molar-refractivity contribution in [1.29, 1.82) is 0 Å². The topological polar surface area (TPSA) is 58.9 Å². The van der Waals surface area contributed by atoms with Gasteiger partial charge in [0.1, 0.15) is 0 Å². The summed E-state index contributed by atoms with van der Waals surface area (Å²) in [5, 5.41) is 11.6. The van der Waals surface area contributed by atoms with E-state index in [4.69, 9.17) is 5.11 Å². The van der Waals surface area contributed by atoms with Gasteiger partial charge in [-0.1, -0.05) is 19.0 Å². The summed E-state index contributed by atoms with van der Waals surface area (Å²) < 4.78 is 0. The summed E-state index contributed by atoms with van der Waals surface area (Å²) in [6.45, 7) is 3.63. The lowest BCUT2D eigenvalue weighted by Crippen LogP contribution is -2.04. The Morgan fingerprint density at radius 1 is 1.82 bits per heavy atom. The van der Waals surface area contributed by atoms with Gasteiger partial charge in [0.25, 0.3) is 0 Å². The van der Waals surface area contributed by atoms with Crippen molar-refractivity contribution in [3.8, 4) is 0 Å². The van der Waals surface area contributed by atoms with Crippen LogP contribution in [0.15, 0.2) is 5.16 Å². The van der Waals surface area contributed by atoms with Crippen LogP contribution >= 0.6 is 0 Å². The number of hydrogen-bond donors (Lipinski definition) is 1. The number of rotatable bonds is 5. The quantitative estimate of drug-likeness (QED) is 0.483. The number of carboxylic acids is 1. The second-order valence-corrected chi connectivity index (χ2v) is 2.31. The van der Waals surface area contributed by atoms with Gasteiger partial charge in [-0.2, -0.15) is 0 Å². The van der Waals surface area contributed by atoms with Crippen molar-refractivity contribution < 1.29 is 14.7 Å². The molecule has 0 spiro atoms. The minimum atomic E-state index is -1.01. The van der Waals surface area contributed by atoms with Crippen LogP contribution in [-0.2, 0) is 9.63 Å². The molecule has 0 aliphatic heterocycles. The second kappa shape index (κ2) is 5.70. The van der Waals surface area contributed by atoms with E-state index in [1.54, 1.807) is 6.21 Å². The molecule has 0 saturated heterocycles. The Bertz CT molecular complexity index is 145. The van der Waals surface area contributed by atoms with Crippen LogP contribution in [-0.4, -0.2) is 23.9 Å². The predicted octanol–water partition coefficient (Wildman–Crippen LogP) is 1.12. The number of hydrogen-bond acceptors (Lipinski definition) is 3. The van der Waals surface area contributed by atoms with E-state index in [9.17, 15) is 4.79 Å². The third kappa shape index (κ3) is 6.83. The molecule has 0 amide bonds. The molecule has 0 aromatic heterocycles. The lowest BCUT2D eigenvalue weighted by molar-refractivity contribution is -0.142. The summed E-state index contributed by atoms with van der Waals surface area (Å²) in [5.74, 6) is -0.671. The van der Waals surface area contributed by atoms with Crippen LogP contribution in [0, 0.1) is 5.92 Å². The summed E-state index contributed by atoms with van der Waals surface area (Å²) >= 11 is 0. The summed E-state index contributed by atoms with van der Waals surface area (Å²) in [6.07, 6.45) is 2.57. The Kier molecular flexibility index (Phi) is 5.15. The van der Waals surface area contributed by atoms with Crippen LogP contribution in [0.1, 0.15) is 20.3 Å². The number of carboxylic acid groups (broad SMARTS) is 1. The van der Waals surface area contributed by atoms with Gasteiger partial charge >= 0.3 is 5.97 Å². The fourth-order valence-corrected chi connectivity index (χ4v) is 0.345. The van der Waals surface area contributed by atoms with E-state index in [2.05, 4.69) is 9.99 Å². The molecule has 0 rings (SSSR count). The highest BCUT2D eigenvalue weighted by Gasteiger charge is 1.94. The van der Waals surface area contributed by atoms with E-state index < -0.39 is 5.97 Å². The Labute approximate surface area is 65.8 Å². The smallest absolute Gasteiger partial charge is 0.344 e. The van der Waals surface area contributed by atoms with Crippen LogP contribution in [0.5, 0.6) is 0 Å². The highest BCUT2D eigenvalue weighted by molar-refractivity contribution is 5.68. The van der Waals surface area contributed by atoms with Gasteiger partial charge < -0.3 is 9.94 Å². The van der Waals surface area contributed by atoms with Crippen molar-refractivity contribution in [3.63, 3.8) is 0 Å². The first-order valence-electron chi connectivity index (χ1n) is 3.54. The molecule has 4 nitrogen and oxygen atoms in total. The Hall–Kier alpha value is -1.06. The molecule has 0 fully saturated rings. The lowest BCUT2D eigenvalue weighted by atomic mass is 10.1. The number of aliphatic carboxylic acids is 1. The average Bonchev–Trinajstić information content (AvgIpc) is 1.97. The van der Waals surface area contributed by atoms with Gasteiger partial charge in [-0.25, -0.2) is 4.79 Å². The van der Waals surface area contributed by atoms with Gasteiger partial charge in [-0.3, -0.25) is 0 Å². The average molecular weight is 159 g/mol. The fraction of sp³-hybridized carbons (Fsp3) is 0.714. The molecule has 0 saturated carbocycles. The highest BCUT2D eigenvalue weighted by atomic mass is 16.6. The fourth-order valence-electron chi connectivity index (χ4n) is 0.345. The minimum Gasteiger partial charge on any atom is -0.479 e. The first kappa shape index (κ1) is 9.94. The third-order valence-electron chi connectivity index (χ3n) is 1.22. The molecular weight excluding hydrogens is 146 g/mol. The minimum absolute atomic E-state index is 0.337. The number of carbonyl (C=O) groups is 1. The largest absolute Gasteiger partial charge is 0.479 e. The molecule has 0 aliphatic carbocycles. The summed E-state index contributed by atoms with van der Waals surface area (Å²) in [5.41, 5.74) is 0. The second-order valence-electron chi connectivity index (χ2n) is 2.31. The van der Waals surface area contributed by atoms with Gasteiger partial charge in [0.05, 0.1) is 0 Å². The number of nitrogens with zero attached hydrogens (tertiary/aromatic N) is 1. The lowest BCUT2D eigenvalue weighted by Gasteiger charge is -1.97. The SMILES string of the molecule is CCC(C)C=NOCC(=O)O. The summed E-state index contributed by atoms with van der Waals surface area (Å²) in [7, 11) is 0. The zero-order chi connectivity index (χ0) is 8.69. The van der Waals surface area contributed by atoms with Crippen LogP contribution in [0.4, 0.5) is 0 Å². The summed E-state index contributed by atoms with van der Waals surface area (Å²) in [4.78, 5) is 14.4. The molecule has 1 atom stereocenters. The molecule has 4 heteroatoms. The molecule has 1 N–H and O–H groups in total. The molecule has 0 heterocycles. The van der Waals surface area contributed by atoms with Crippen LogP contribution in [0.3, 0.4) is 0 Å². The van der Waals surface area contributed by atoms with E-state index in [0.717, 1.165) is 6.42 Å². The molecule has 0 aromatic carbocycles. The Morgan fingerprint density at radius 3 is 2.91 bits per heavy atom. The highest BCUT2D eigenvalue weighted by Crippen LogP contribution is 1.95. The van der Waals surface area contributed by atoms with Crippen LogP contribution in [0.2, 0.25) is 0 Å². The molecule has 0 aliphatic rings. The van der Waals surface area contributed by atoms with E-state index in [1.165, 1.54) is 0 Å². The maximum absolute atomic E-state index is 9.91.